The van der Waals surface area contributed by atoms with Gasteiger partial charge in [0.2, 0.25) is 15.9 Å². The molecule has 5 rings (SSSR count). The van der Waals surface area contributed by atoms with Gasteiger partial charge in [0.25, 0.3) is 0 Å². The molecule has 3 heterocycles. The Balaban J connectivity index is 1.19. The fourth-order valence-electron chi connectivity index (χ4n) is 3.25. The van der Waals surface area contributed by atoms with E-state index in [1.165, 1.54) is 35.2 Å². The molecule has 5 aromatic rings. The summed E-state index contributed by atoms with van der Waals surface area (Å²) in [5, 5.41) is 16.7. The average molecular weight is 526 g/mol. The number of nitrogens with one attached hydrogen (secondary N) is 2. The van der Waals surface area contributed by atoms with Gasteiger partial charge in [0, 0.05) is 13.0 Å². The monoisotopic (exact) mass is 525 g/mol. The van der Waals surface area contributed by atoms with Crippen LogP contribution in [0.3, 0.4) is 0 Å². The third kappa shape index (κ3) is 5.48. The van der Waals surface area contributed by atoms with Gasteiger partial charge in [-0.05, 0) is 36.4 Å². The van der Waals surface area contributed by atoms with Gasteiger partial charge in [0.1, 0.15) is 5.03 Å². The SMILES string of the molecule is O=C(CSc1ccc2nnc(CCNS(=O)(=O)c3ccccc3)n2n1)Nc1nc2ccccc2s1. The van der Waals surface area contributed by atoms with Crippen LogP contribution in [0.1, 0.15) is 5.82 Å². The van der Waals surface area contributed by atoms with Crippen molar-refractivity contribution in [1.29, 1.82) is 0 Å². The lowest BCUT2D eigenvalue weighted by atomic mass is 10.3. The highest BCUT2D eigenvalue weighted by atomic mass is 32.2. The highest BCUT2D eigenvalue weighted by Gasteiger charge is 2.15. The number of benzene rings is 2. The van der Waals surface area contributed by atoms with Crippen LogP contribution in [0.4, 0.5) is 5.13 Å². The van der Waals surface area contributed by atoms with Gasteiger partial charge in [-0.25, -0.2) is 18.1 Å². The highest BCUT2D eigenvalue weighted by molar-refractivity contribution is 7.99. The predicted octanol–water partition coefficient (Wildman–Crippen LogP) is 2.99. The van der Waals surface area contributed by atoms with Gasteiger partial charge in [-0.3, -0.25) is 4.79 Å². The largest absolute Gasteiger partial charge is 0.301 e. The normalized spacial score (nSPS) is 11.8. The Labute approximate surface area is 208 Å². The standard InChI is InChI=1S/C22H19N7O3S3/c30-20(25-22-24-16-8-4-5-9-17(16)34-22)14-33-21-11-10-18-26-27-19(29(18)28-21)12-13-23-35(31,32)15-6-2-1-3-7-15/h1-11,23H,12-14H2,(H,24,25,30). The summed E-state index contributed by atoms with van der Waals surface area (Å²) >= 11 is 2.70. The zero-order valence-electron chi connectivity index (χ0n) is 18.2. The van der Waals surface area contributed by atoms with Crippen molar-refractivity contribution in [2.75, 3.05) is 17.6 Å². The Hall–Kier alpha value is -3.39. The number of sulfonamides is 1. The molecule has 0 bridgehead atoms. The lowest BCUT2D eigenvalue weighted by Crippen LogP contribution is -2.26. The van der Waals surface area contributed by atoms with Crippen LogP contribution in [-0.4, -0.2) is 51.4 Å². The summed E-state index contributed by atoms with van der Waals surface area (Å²) in [5.41, 5.74) is 1.38. The number of fused-ring (bicyclic) bond motifs is 2. The Bertz CT molecular complexity index is 1570. The van der Waals surface area contributed by atoms with E-state index in [1.54, 1.807) is 34.8 Å². The Morgan fingerprint density at radius 3 is 2.63 bits per heavy atom. The number of carbonyl (C=O) groups excluding carboxylic acids is 1. The number of thioether (sulfide) groups is 1. The van der Waals surface area contributed by atoms with Crippen molar-refractivity contribution in [3.63, 3.8) is 0 Å². The van der Waals surface area contributed by atoms with Gasteiger partial charge in [-0.1, -0.05) is 53.4 Å². The lowest BCUT2D eigenvalue weighted by Gasteiger charge is -2.06. The summed E-state index contributed by atoms with van der Waals surface area (Å²) in [4.78, 5) is 17.0. The summed E-state index contributed by atoms with van der Waals surface area (Å²) < 4.78 is 29.9. The summed E-state index contributed by atoms with van der Waals surface area (Å²) in [5.74, 6) is 0.482. The number of nitrogens with zero attached hydrogens (tertiary/aromatic N) is 5. The second kappa shape index (κ2) is 10.1. The smallest absolute Gasteiger partial charge is 0.240 e. The summed E-state index contributed by atoms with van der Waals surface area (Å²) in [7, 11) is -3.61. The molecule has 0 aliphatic heterocycles. The molecule has 3 aromatic heterocycles. The van der Waals surface area contributed by atoms with Gasteiger partial charge in [0.15, 0.2) is 16.6 Å². The van der Waals surface area contributed by atoms with Crippen LogP contribution in [-0.2, 0) is 21.2 Å². The van der Waals surface area contributed by atoms with E-state index in [4.69, 9.17) is 0 Å². The topological polar surface area (TPSA) is 131 Å². The first-order valence-electron chi connectivity index (χ1n) is 10.5. The number of anilines is 1. The van der Waals surface area contributed by atoms with E-state index >= 15 is 0 Å². The average Bonchev–Trinajstić information content (AvgIpc) is 3.46. The number of aromatic nitrogens is 5. The number of rotatable bonds is 9. The van der Waals surface area contributed by atoms with E-state index in [2.05, 4.69) is 30.3 Å². The molecule has 178 valence electrons. The number of carbonyl (C=O) groups is 1. The molecule has 10 nitrogen and oxygen atoms in total. The van der Waals surface area contributed by atoms with E-state index in [0.29, 0.717) is 28.0 Å². The van der Waals surface area contributed by atoms with Crippen molar-refractivity contribution in [2.24, 2.45) is 0 Å². The van der Waals surface area contributed by atoms with Crippen LogP contribution in [0.25, 0.3) is 15.9 Å². The highest BCUT2D eigenvalue weighted by Crippen LogP contribution is 2.25. The number of hydrogen-bond donors (Lipinski definition) is 2. The molecule has 0 aliphatic carbocycles. The maximum Gasteiger partial charge on any atom is 0.240 e. The van der Waals surface area contributed by atoms with Gasteiger partial charge in [-0.15, -0.1) is 10.2 Å². The zero-order chi connectivity index (χ0) is 24.3. The van der Waals surface area contributed by atoms with Crippen LogP contribution in [0, 0.1) is 0 Å². The molecule has 1 amide bonds. The third-order valence-electron chi connectivity index (χ3n) is 4.89. The maximum atomic E-state index is 12.4. The van der Waals surface area contributed by atoms with E-state index in [1.807, 2.05) is 24.3 Å². The summed E-state index contributed by atoms with van der Waals surface area (Å²) in [6, 6.07) is 19.4. The molecule has 0 radical (unpaired) electrons. The van der Waals surface area contributed by atoms with Crippen LogP contribution in [0.2, 0.25) is 0 Å². The van der Waals surface area contributed by atoms with E-state index in [9.17, 15) is 13.2 Å². The van der Waals surface area contributed by atoms with Gasteiger partial charge < -0.3 is 5.32 Å². The van der Waals surface area contributed by atoms with Gasteiger partial charge >= 0.3 is 0 Å². The number of amides is 1. The Kier molecular flexibility index (Phi) is 6.72. The number of thiazole rings is 1. The van der Waals surface area contributed by atoms with Gasteiger partial charge in [0.05, 0.1) is 20.9 Å². The molecule has 0 aliphatic rings. The fraction of sp³-hybridized carbons (Fsp3) is 0.136. The van der Waals surface area contributed by atoms with Crippen LogP contribution >= 0.6 is 23.1 Å². The zero-order valence-corrected chi connectivity index (χ0v) is 20.6. The molecule has 2 aromatic carbocycles. The van der Waals surface area contributed by atoms with E-state index in [-0.39, 0.29) is 23.1 Å². The van der Waals surface area contributed by atoms with Crippen molar-refractivity contribution in [2.45, 2.75) is 16.3 Å². The first kappa shape index (κ1) is 23.4. The van der Waals surface area contributed by atoms with Crippen molar-refractivity contribution in [1.82, 2.24) is 29.5 Å². The second-order valence-electron chi connectivity index (χ2n) is 7.34. The molecule has 35 heavy (non-hydrogen) atoms. The molecule has 0 atom stereocenters. The van der Waals surface area contributed by atoms with Crippen molar-refractivity contribution in [3.05, 3.63) is 72.6 Å². The predicted molar refractivity (Wildman–Crippen MR) is 135 cm³/mol. The Morgan fingerprint density at radius 2 is 1.80 bits per heavy atom. The minimum atomic E-state index is -3.61. The molecule has 0 saturated heterocycles. The van der Waals surface area contributed by atoms with Crippen LogP contribution in [0.15, 0.2) is 76.7 Å². The number of hydrogen-bond acceptors (Lipinski definition) is 9. The van der Waals surface area contributed by atoms with Crippen molar-refractivity contribution >= 4 is 60.0 Å². The molecular formula is C22H19N7O3S3. The van der Waals surface area contributed by atoms with Crippen LogP contribution < -0.4 is 10.0 Å². The third-order valence-corrected chi connectivity index (χ3v) is 8.24. The first-order valence-corrected chi connectivity index (χ1v) is 13.8. The summed E-state index contributed by atoms with van der Waals surface area (Å²) in [6.45, 7) is 0.141. The first-order chi connectivity index (χ1) is 17.0. The second-order valence-corrected chi connectivity index (χ2v) is 11.1. The van der Waals surface area contributed by atoms with Crippen LogP contribution in [0.5, 0.6) is 0 Å². The number of para-hydroxylation sites is 1. The molecule has 13 heteroatoms. The minimum absolute atomic E-state index is 0.141. The maximum absolute atomic E-state index is 12.4. The molecule has 0 fully saturated rings. The van der Waals surface area contributed by atoms with Crippen molar-refractivity contribution < 1.29 is 13.2 Å². The minimum Gasteiger partial charge on any atom is -0.301 e. The molecular weight excluding hydrogens is 506 g/mol. The fourth-order valence-corrected chi connectivity index (χ4v) is 5.84. The molecule has 0 spiro atoms. The quantitative estimate of drug-likeness (QED) is 0.281. The molecule has 2 N–H and O–H groups in total. The lowest BCUT2D eigenvalue weighted by molar-refractivity contribution is -0.113. The Morgan fingerprint density at radius 1 is 1.00 bits per heavy atom. The van der Waals surface area contributed by atoms with Crippen molar-refractivity contribution in [3.8, 4) is 0 Å². The van der Waals surface area contributed by atoms with E-state index < -0.39 is 10.0 Å². The molecule has 0 saturated carbocycles. The van der Waals surface area contributed by atoms with Gasteiger partial charge in [-0.2, -0.15) is 9.61 Å². The van der Waals surface area contributed by atoms with E-state index in [0.717, 1.165) is 10.2 Å². The summed E-state index contributed by atoms with van der Waals surface area (Å²) in [6.07, 6.45) is 0.298. The molecule has 0 unspecified atom stereocenters.